The van der Waals surface area contributed by atoms with Crippen molar-refractivity contribution in [1.82, 2.24) is 20.1 Å². The lowest BCUT2D eigenvalue weighted by atomic mass is 10.1. The third-order valence-electron chi connectivity index (χ3n) is 3.78. The maximum absolute atomic E-state index is 12.7. The summed E-state index contributed by atoms with van der Waals surface area (Å²) in [5.74, 6) is -0.0739. The number of carbonyl (C=O) groups is 1. The molecule has 2 heterocycles. The highest BCUT2D eigenvalue weighted by Gasteiger charge is 2.17. The minimum absolute atomic E-state index is 0.175. The second kappa shape index (κ2) is 7.25. The van der Waals surface area contributed by atoms with Crippen LogP contribution < -0.4 is 10.9 Å². The topological polar surface area (TPSA) is 76.9 Å². The van der Waals surface area contributed by atoms with Crippen molar-refractivity contribution in [3.63, 3.8) is 0 Å². The van der Waals surface area contributed by atoms with E-state index in [1.807, 2.05) is 32.0 Å². The van der Waals surface area contributed by atoms with Crippen LogP contribution in [-0.2, 0) is 13.1 Å². The summed E-state index contributed by atoms with van der Waals surface area (Å²) in [4.78, 5) is 29.4. The average Bonchev–Trinajstić information content (AvgIpc) is 2.62. The van der Waals surface area contributed by atoms with E-state index in [-0.39, 0.29) is 23.1 Å². The summed E-state index contributed by atoms with van der Waals surface area (Å²) in [5, 5.41) is 8.21. The summed E-state index contributed by atoms with van der Waals surface area (Å²) in [5.41, 5.74) is 0.841. The molecule has 6 nitrogen and oxygen atoms in total. The molecule has 0 atom stereocenters. The molecular formula is C19H20N4O2. The van der Waals surface area contributed by atoms with Gasteiger partial charge < -0.3 is 5.32 Å². The van der Waals surface area contributed by atoms with Gasteiger partial charge in [0.25, 0.3) is 11.5 Å². The van der Waals surface area contributed by atoms with Crippen LogP contribution in [0.25, 0.3) is 10.8 Å². The number of aromatic nitrogens is 3. The van der Waals surface area contributed by atoms with Gasteiger partial charge in [-0.05, 0) is 24.1 Å². The Labute approximate surface area is 145 Å². The third-order valence-corrected chi connectivity index (χ3v) is 3.78. The Hall–Kier alpha value is -3.02. The van der Waals surface area contributed by atoms with Gasteiger partial charge in [-0.2, -0.15) is 5.10 Å². The molecule has 0 saturated heterocycles. The highest BCUT2D eigenvalue weighted by molar-refractivity contribution is 6.04. The number of pyridine rings is 1. The molecule has 0 spiro atoms. The van der Waals surface area contributed by atoms with Crippen LogP contribution in [0.2, 0.25) is 0 Å². The summed E-state index contributed by atoms with van der Waals surface area (Å²) < 4.78 is 1.38. The largest absolute Gasteiger partial charge is 0.345 e. The second-order valence-electron chi connectivity index (χ2n) is 6.28. The first-order chi connectivity index (χ1) is 12.1. The molecule has 1 aromatic carbocycles. The smallest absolute Gasteiger partial charge is 0.274 e. The number of fused-ring (bicyclic) bond motifs is 1. The van der Waals surface area contributed by atoms with Gasteiger partial charge in [0.05, 0.1) is 17.6 Å². The van der Waals surface area contributed by atoms with Crippen molar-refractivity contribution >= 4 is 16.7 Å². The first-order valence-corrected chi connectivity index (χ1v) is 8.24. The predicted octanol–water partition coefficient (Wildman–Crippen LogP) is 2.38. The molecule has 0 aliphatic heterocycles. The third kappa shape index (κ3) is 3.74. The van der Waals surface area contributed by atoms with Crippen LogP contribution in [0, 0.1) is 5.92 Å². The molecule has 0 aliphatic carbocycles. The minimum Gasteiger partial charge on any atom is -0.345 e. The number of carbonyl (C=O) groups excluding carboxylic acids is 1. The van der Waals surface area contributed by atoms with Crippen LogP contribution in [0.15, 0.2) is 53.5 Å². The van der Waals surface area contributed by atoms with Crippen molar-refractivity contribution in [2.24, 2.45) is 5.92 Å². The van der Waals surface area contributed by atoms with E-state index in [1.165, 1.54) is 4.68 Å². The lowest BCUT2D eigenvalue weighted by Crippen LogP contribution is -2.31. The second-order valence-corrected chi connectivity index (χ2v) is 6.28. The Kier molecular flexibility index (Phi) is 4.88. The van der Waals surface area contributed by atoms with Crippen molar-refractivity contribution in [1.29, 1.82) is 0 Å². The van der Waals surface area contributed by atoms with Gasteiger partial charge in [-0.25, -0.2) is 4.68 Å². The van der Waals surface area contributed by atoms with Gasteiger partial charge in [0.2, 0.25) is 0 Å². The van der Waals surface area contributed by atoms with Gasteiger partial charge in [0, 0.05) is 18.1 Å². The lowest BCUT2D eigenvalue weighted by Gasteiger charge is -2.12. The van der Waals surface area contributed by atoms with E-state index in [4.69, 9.17) is 0 Å². The van der Waals surface area contributed by atoms with E-state index in [2.05, 4.69) is 15.4 Å². The van der Waals surface area contributed by atoms with E-state index in [0.29, 0.717) is 23.9 Å². The summed E-state index contributed by atoms with van der Waals surface area (Å²) in [6.45, 7) is 4.78. The fraction of sp³-hybridized carbons (Fsp3) is 0.263. The SMILES string of the molecule is CC(C)Cn1nc(C(=O)NCc2ccccn2)c2ccccc2c1=O. The minimum atomic E-state index is -0.320. The zero-order valence-corrected chi connectivity index (χ0v) is 14.3. The van der Waals surface area contributed by atoms with Crippen LogP contribution >= 0.6 is 0 Å². The molecular weight excluding hydrogens is 316 g/mol. The Bertz CT molecular complexity index is 949. The normalized spacial score (nSPS) is 11.0. The van der Waals surface area contributed by atoms with E-state index in [9.17, 15) is 9.59 Å². The molecule has 3 rings (SSSR count). The Morgan fingerprint density at radius 3 is 2.52 bits per heavy atom. The summed E-state index contributed by atoms with van der Waals surface area (Å²) >= 11 is 0. The monoisotopic (exact) mass is 336 g/mol. The van der Waals surface area contributed by atoms with Gasteiger partial charge in [-0.3, -0.25) is 14.6 Å². The molecule has 128 valence electrons. The highest BCUT2D eigenvalue weighted by atomic mass is 16.2. The first kappa shape index (κ1) is 16.8. The van der Waals surface area contributed by atoms with Crippen molar-refractivity contribution in [2.45, 2.75) is 26.9 Å². The van der Waals surface area contributed by atoms with Gasteiger partial charge in [-0.1, -0.05) is 38.1 Å². The van der Waals surface area contributed by atoms with Crippen LogP contribution in [0.5, 0.6) is 0 Å². The zero-order valence-electron chi connectivity index (χ0n) is 14.3. The molecule has 0 unspecified atom stereocenters. The van der Waals surface area contributed by atoms with Crippen molar-refractivity contribution in [2.75, 3.05) is 0 Å². The fourth-order valence-corrected chi connectivity index (χ4v) is 2.63. The molecule has 0 radical (unpaired) electrons. The Balaban J connectivity index is 1.97. The molecule has 1 amide bonds. The van der Waals surface area contributed by atoms with E-state index in [1.54, 1.807) is 30.5 Å². The van der Waals surface area contributed by atoms with Crippen molar-refractivity contribution < 1.29 is 4.79 Å². The van der Waals surface area contributed by atoms with Gasteiger partial charge >= 0.3 is 0 Å². The molecule has 1 N–H and O–H groups in total. The number of nitrogens with one attached hydrogen (secondary N) is 1. The fourth-order valence-electron chi connectivity index (χ4n) is 2.63. The first-order valence-electron chi connectivity index (χ1n) is 8.24. The van der Waals surface area contributed by atoms with Crippen LogP contribution in [0.3, 0.4) is 0 Å². The lowest BCUT2D eigenvalue weighted by molar-refractivity contribution is 0.0944. The Morgan fingerprint density at radius 2 is 1.84 bits per heavy atom. The molecule has 3 aromatic rings. The number of hydrogen-bond donors (Lipinski definition) is 1. The number of rotatable bonds is 5. The van der Waals surface area contributed by atoms with E-state index in [0.717, 1.165) is 5.69 Å². The number of benzene rings is 1. The average molecular weight is 336 g/mol. The van der Waals surface area contributed by atoms with Crippen LogP contribution in [-0.4, -0.2) is 20.7 Å². The van der Waals surface area contributed by atoms with Gasteiger partial charge in [0.15, 0.2) is 5.69 Å². The molecule has 0 bridgehead atoms. The maximum Gasteiger partial charge on any atom is 0.274 e. The molecule has 2 aromatic heterocycles. The van der Waals surface area contributed by atoms with Crippen molar-refractivity contribution in [3.05, 3.63) is 70.4 Å². The maximum atomic E-state index is 12.7. The number of amides is 1. The number of nitrogens with zero attached hydrogens (tertiary/aromatic N) is 3. The quantitative estimate of drug-likeness (QED) is 0.776. The number of hydrogen-bond acceptors (Lipinski definition) is 4. The predicted molar refractivity (Wildman–Crippen MR) is 96.2 cm³/mol. The van der Waals surface area contributed by atoms with Crippen LogP contribution in [0.1, 0.15) is 30.0 Å². The molecule has 25 heavy (non-hydrogen) atoms. The molecule has 0 saturated carbocycles. The van der Waals surface area contributed by atoms with Crippen molar-refractivity contribution in [3.8, 4) is 0 Å². The standard InChI is InChI=1S/C19H20N4O2/c1-13(2)12-23-19(25)16-9-4-3-8-15(16)17(22-23)18(24)21-11-14-7-5-6-10-20-14/h3-10,13H,11-12H2,1-2H3,(H,21,24). The van der Waals surface area contributed by atoms with Gasteiger partial charge in [0.1, 0.15) is 0 Å². The summed E-state index contributed by atoms with van der Waals surface area (Å²) in [6.07, 6.45) is 1.68. The summed E-state index contributed by atoms with van der Waals surface area (Å²) in [7, 11) is 0. The summed E-state index contributed by atoms with van der Waals surface area (Å²) in [6, 6.07) is 12.6. The van der Waals surface area contributed by atoms with Crippen LogP contribution in [0.4, 0.5) is 0 Å². The van der Waals surface area contributed by atoms with Gasteiger partial charge in [-0.15, -0.1) is 0 Å². The molecule has 0 fully saturated rings. The van der Waals surface area contributed by atoms with E-state index >= 15 is 0 Å². The zero-order chi connectivity index (χ0) is 17.8. The Morgan fingerprint density at radius 1 is 1.12 bits per heavy atom. The molecule has 6 heteroatoms. The molecule has 0 aliphatic rings. The highest BCUT2D eigenvalue weighted by Crippen LogP contribution is 2.14. The van der Waals surface area contributed by atoms with E-state index < -0.39 is 0 Å².